The zero-order chi connectivity index (χ0) is 18.6. The summed E-state index contributed by atoms with van der Waals surface area (Å²) in [4.78, 5) is 4.47. The van der Waals surface area contributed by atoms with Gasteiger partial charge in [-0.2, -0.15) is 0 Å². The molecule has 0 amide bonds. The van der Waals surface area contributed by atoms with E-state index in [0.717, 1.165) is 37.7 Å². The van der Waals surface area contributed by atoms with Gasteiger partial charge in [-0.15, -0.1) is 0 Å². The third-order valence-electron chi connectivity index (χ3n) is 5.79. The highest BCUT2D eigenvalue weighted by Gasteiger charge is 2.37. The number of guanidine groups is 1. The topological polar surface area (TPSA) is 54.9 Å². The predicted octanol–water partition coefficient (Wildman–Crippen LogP) is 3.66. The van der Waals surface area contributed by atoms with Gasteiger partial charge in [0.25, 0.3) is 0 Å². The van der Waals surface area contributed by atoms with Crippen molar-refractivity contribution < 1.29 is 9.47 Å². The normalized spacial score (nSPS) is 23.4. The Labute approximate surface area is 157 Å². The van der Waals surface area contributed by atoms with Crippen LogP contribution in [0.1, 0.15) is 57.6 Å². The zero-order valence-corrected chi connectivity index (χ0v) is 16.6. The highest BCUT2D eigenvalue weighted by molar-refractivity contribution is 5.80. The van der Waals surface area contributed by atoms with E-state index in [0.29, 0.717) is 5.41 Å². The average molecular weight is 360 g/mol. The van der Waals surface area contributed by atoms with Crippen LogP contribution < -0.4 is 15.4 Å². The van der Waals surface area contributed by atoms with Crippen molar-refractivity contribution in [1.82, 2.24) is 10.6 Å². The highest BCUT2D eigenvalue weighted by Crippen LogP contribution is 2.43. The van der Waals surface area contributed by atoms with Crippen molar-refractivity contribution in [3.8, 4) is 5.75 Å². The van der Waals surface area contributed by atoms with Gasteiger partial charge in [0.15, 0.2) is 5.96 Å². The maximum absolute atomic E-state index is 6.14. The molecule has 0 aromatic heterocycles. The molecule has 1 aromatic rings. The molecule has 0 bridgehead atoms. The van der Waals surface area contributed by atoms with Crippen molar-refractivity contribution in [3.63, 3.8) is 0 Å². The fraction of sp³-hybridized carbons (Fsp3) is 0.667. The highest BCUT2D eigenvalue weighted by atomic mass is 16.5. The minimum atomic E-state index is -0.196. The number of para-hydroxylation sites is 1. The predicted molar refractivity (Wildman–Crippen MR) is 106 cm³/mol. The molecule has 0 radical (unpaired) electrons. The first-order valence-corrected chi connectivity index (χ1v) is 9.71. The summed E-state index contributed by atoms with van der Waals surface area (Å²) in [5.74, 6) is 1.83. The van der Waals surface area contributed by atoms with Gasteiger partial charge in [-0.05, 0) is 44.6 Å². The van der Waals surface area contributed by atoms with Crippen LogP contribution in [0.25, 0.3) is 0 Å². The van der Waals surface area contributed by atoms with Gasteiger partial charge in [0.2, 0.25) is 0 Å². The van der Waals surface area contributed by atoms with Gasteiger partial charge in [-0.25, -0.2) is 0 Å². The van der Waals surface area contributed by atoms with Crippen LogP contribution in [0.2, 0.25) is 0 Å². The van der Waals surface area contributed by atoms with Gasteiger partial charge in [0, 0.05) is 39.3 Å². The van der Waals surface area contributed by atoms with Crippen LogP contribution in [0.3, 0.4) is 0 Å². The summed E-state index contributed by atoms with van der Waals surface area (Å²) in [6.45, 7) is 6.06. The van der Waals surface area contributed by atoms with Crippen molar-refractivity contribution in [2.45, 2.75) is 57.6 Å². The Bertz CT molecular complexity index is 638. The fourth-order valence-corrected chi connectivity index (χ4v) is 4.07. The number of rotatable bonds is 6. The molecule has 3 rings (SSSR count). The molecule has 0 spiro atoms. The van der Waals surface area contributed by atoms with Crippen molar-refractivity contribution in [1.29, 1.82) is 0 Å². The van der Waals surface area contributed by atoms with E-state index in [2.05, 4.69) is 47.7 Å². The molecule has 1 aliphatic carbocycles. The van der Waals surface area contributed by atoms with Gasteiger partial charge in [-0.1, -0.05) is 24.6 Å². The minimum Gasteiger partial charge on any atom is -0.487 e. The van der Waals surface area contributed by atoms with E-state index in [1.165, 1.54) is 24.8 Å². The number of nitrogens with zero attached hydrogens (tertiary/aromatic N) is 1. The summed E-state index contributed by atoms with van der Waals surface area (Å²) in [7, 11) is 3.62. The van der Waals surface area contributed by atoms with Crippen molar-refractivity contribution in [3.05, 3.63) is 29.8 Å². The molecular formula is C21H33N3O2. The number of hydrogen-bond donors (Lipinski definition) is 2. The number of aliphatic imine (C=N–C) groups is 1. The fourth-order valence-electron chi connectivity index (χ4n) is 4.07. The monoisotopic (exact) mass is 359 g/mol. The largest absolute Gasteiger partial charge is 0.487 e. The van der Waals surface area contributed by atoms with E-state index >= 15 is 0 Å². The van der Waals surface area contributed by atoms with Crippen LogP contribution in [0.15, 0.2) is 29.3 Å². The van der Waals surface area contributed by atoms with E-state index in [9.17, 15) is 0 Å². The molecule has 1 fully saturated rings. The van der Waals surface area contributed by atoms with Gasteiger partial charge >= 0.3 is 0 Å². The molecule has 26 heavy (non-hydrogen) atoms. The Hall–Kier alpha value is -1.75. The van der Waals surface area contributed by atoms with E-state index in [1.807, 2.05) is 13.1 Å². The van der Waals surface area contributed by atoms with Crippen LogP contribution in [0.4, 0.5) is 0 Å². The zero-order valence-electron chi connectivity index (χ0n) is 16.6. The standard InChI is InChI=1S/C21H33N3O2/c1-20(2)14-17(16-8-5-6-9-18(16)26-20)24-19(22-3)23-15-21(10-7-11-21)12-13-25-4/h5-6,8-9,17H,7,10-15H2,1-4H3,(H2,22,23,24). The van der Waals surface area contributed by atoms with E-state index in [1.54, 1.807) is 7.11 Å². The summed E-state index contributed by atoms with van der Waals surface area (Å²) in [5, 5.41) is 7.19. The molecule has 5 heteroatoms. The molecule has 1 atom stereocenters. The number of methoxy groups -OCH3 is 1. The molecule has 1 saturated carbocycles. The number of ether oxygens (including phenoxy) is 2. The first kappa shape index (κ1) is 19.0. The van der Waals surface area contributed by atoms with Crippen LogP contribution in [-0.2, 0) is 4.74 Å². The second-order valence-electron chi connectivity index (χ2n) is 8.32. The molecule has 2 aliphatic rings. The third-order valence-corrected chi connectivity index (χ3v) is 5.79. The van der Waals surface area contributed by atoms with Crippen molar-refractivity contribution >= 4 is 5.96 Å². The summed E-state index contributed by atoms with van der Waals surface area (Å²) in [6.07, 6.45) is 5.88. The Kier molecular flexibility index (Phi) is 5.76. The molecule has 5 nitrogen and oxygen atoms in total. The molecule has 144 valence electrons. The minimum absolute atomic E-state index is 0.192. The summed E-state index contributed by atoms with van der Waals surface area (Å²) < 4.78 is 11.4. The lowest BCUT2D eigenvalue weighted by Crippen LogP contribution is -2.49. The molecule has 1 unspecified atom stereocenters. The lowest BCUT2D eigenvalue weighted by Gasteiger charge is -2.43. The lowest BCUT2D eigenvalue weighted by molar-refractivity contribution is 0.0676. The van der Waals surface area contributed by atoms with Crippen molar-refractivity contribution in [2.75, 3.05) is 27.3 Å². The maximum atomic E-state index is 6.14. The van der Waals surface area contributed by atoms with E-state index in [-0.39, 0.29) is 11.6 Å². The van der Waals surface area contributed by atoms with Crippen LogP contribution >= 0.6 is 0 Å². The number of hydrogen-bond acceptors (Lipinski definition) is 3. The number of nitrogens with one attached hydrogen (secondary N) is 2. The Morgan fingerprint density at radius 3 is 2.73 bits per heavy atom. The first-order valence-electron chi connectivity index (χ1n) is 9.71. The van der Waals surface area contributed by atoms with Gasteiger partial charge in [0.1, 0.15) is 11.4 Å². The van der Waals surface area contributed by atoms with Gasteiger partial charge in [-0.3, -0.25) is 4.99 Å². The van der Waals surface area contributed by atoms with Crippen LogP contribution in [0.5, 0.6) is 5.75 Å². The molecule has 1 aliphatic heterocycles. The second kappa shape index (κ2) is 7.87. The Morgan fingerprint density at radius 2 is 2.08 bits per heavy atom. The quantitative estimate of drug-likeness (QED) is 0.601. The van der Waals surface area contributed by atoms with E-state index < -0.39 is 0 Å². The molecule has 2 N–H and O–H groups in total. The molecular weight excluding hydrogens is 326 g/mol. The number of benzene rings is 1. The van der Waals surface area contributed by atoms with Gasteiger partial charge in [0.05, 0.1) is 6.04 Å². The Morgan fingerprint density at radius 1 is 1.31 bits per heavy atom. The van der Waals surface area contributed by atoms with Crippen LogP contribution in [-0.4, -0.2) is 38.9 Å². The molecule has 1 heterocycles. The van der Waals surface area contributed by atoms with Gasteiger partial charge < -0.3 is 20.1 Å². The number of fused-ring (bicyclic) bond motifs is 1. The molecule has 1 aromatic carbocycles. The SMILES string of the molecule is CN=C(NCC1(CCOC)CCC1)NC1CC(C)(C)Oc2ccccc21. The van der Waals surface area contributed by atoms with Crippen molar-refractivity contribution in [2.24, 2.45) is 10.4 Å². The van der Waals surface area contributed by atoms with Crippen LogP contribution in [0, 0.1) is 5.41 Å². The summed E-state index contributed by atoms with van der Waals surface area (Å²) in [6, 6.07) is 8.48. The summed E-state index contributed by atoms with van der Waals surface area (Å²) in [5.41, 5.74) is 1.37. The maximum Gasteiger partial charge on any atom is 0.191 e. The second-order valence-corrected chi connectivity index (χ2v) is 8.32. The lowest BCUT2D eigenvalue weighted by atomic mass is 9.67. The first-order chi connectivity index (χ1) is 12.5. The third kappa shape index (κ3) is 4.32. The Balaban J connectivity index is 1.65. The smallest absolute Gasteiger partial charge is 0.191 e. The molecule has 0 saturated heterocycles. The summed E-state index contributed by atoms with van der Waals surface area (Å²) >= 11 is 0. The van der Waals surface area contributed by atoms with E-state index in [4.69, 9.17) is 9.47 Å². The average Bonchev–Trinajstić information content (AvgIpc) is 2.58.